The lowest BCUT2D eigenvalue weighted by Crippen LogP contribution is -2.00. The molecule has 0 aliphatic rings. The minimum absolute atomic E-state index is 0.593. The highest BCUT2D eigenvalue weighted by Crippen LogP contribution is 2.42. The van der Waals surface area contributed by atoms with Gasteiger partial charge >= 0.3 is 0 Å². The van der Waals surface area contributed by atoms with Gasteiger partial charge in [-0.25, -0.2) is 29.9 Å². The van der Waals surface area contributed by atoms with E-state index in [-0.39, 0.29) is 0 Å². The summed E-state index contributed by atoms with van der Waals surface area (Å²) in [6.45, 7) is 3.75. The van der Waals surface area contributed by atoms with E-state index < -0.39 is 0 Å². The predicted octanol–water partition coefficient (Wildman–Crippen LogP) is 10.2. The molecule has 0 saturated carbocycles. The molecule has 0 radical (unpaired) electrons. The summed E-state index contributed by atoms with van der Waals surface area (Å²) in [6.07, 6.45) is 0. The first kappa shape index (κ1) is 32.1. The first-order chi connectivity index (χ1) is 25.5. The van der Waals surface area contributed by atoms with Crippen LogP contribution in [0, 0.1) is 25.2 Å². The molecule has 0 N–H and O–H groups in total. The zero-order valence-corrected chi connectivity index (χ0v) is 28.6. The van der Waals surface area contributed by atoms with E-state index in [4.69, 9.17) is 15.0 Å². The Bertz CT molecular complexity index is 2500. The fourth-order valence-corrected chi connectivity index (χ4v) is 6.41. The SMILES string of the molecule is Cc1nc(C)nc(-c2ccc(-c3c(-c4ccc(-c5nc(-c6ccccc6)nc(-c6ccccc6)n5)cc4)cccc3-c3ccccc3C#N)cc2)n1. The average Bonchev–Trinajstić information content (AvgIpc) is 3.21. The summed E-state index contributed by atoms with van der Waals surface area (Å²) < 4.78 is 0. The molecule has 0 fully saturated rings. The third-order valence-corrected chi connectivity index (χ3v) is 8.85. The Kier molecular flexibility index (Phi) is 8.62. The molecule has 246 valence electrons. The molecule has 0 spiro atoms. The van der Waals surface area contributed by atoms with Gasteiger partial charge in [0.05, 0.1) is 11.6 Å². The van der Waals surface area contributed by atoms with Crippen LogP contribution in [0.4, 0.5) is 0 Å². The summed E-state index contributed by atoms with van der Waals surface area (Å²) in [4.78, 5) is 28.1. The molecule has 0 atom stereocenters. The number of nitriles is 1. The van der Waals surface area contributed by atoms with Crippen molar-refractivity contribution in [3.63, 3.8) is 0 Å². The van der Waals surface area contributed by atoms with Crippen LogP contribution in [0.25, 0.3) is 78.9 Å². The number of hydrogen-bond acceptors (Lipinski definition) is 7. The molecule has 6 aromatic carbocycles. The second-order valence-corrected chi connectivity index (χ2v) is 12.3. The Balaban J connectivity index is 1.24. The molecule has 7 nitrogen and oxygen atoms in total. The summed E-state index contributed by atoms with van der Waals surface area (Å²) in [5.41, 5.74) is 10.1. The van der Waals surface area contributed by atoms with Crippen molar-refractivity contribution in [2.24, 2.45) is 0 Å². The predicted molar refractivity (Wildman–Crippen MR) is 205 cm³/mol. The number of aryl methyl sites for hydroxylation is 2. The molecule has 0 amide bonds. The molecule has 7 heteroatoms. The number of hydrogen-bond donors (Lipinski definition) is 0. The third kappa shape index (κ3) is 6.45. The molecule has 2 heterocycles. The molecule has 0 bridgehead atoms. The summed E-state index contributed by atoms with van der Waals surface area (Å²) in [7, 11) is 0. The maximum Gasteiger partial charge on any atom is 0.164 e. The second-order valence-electron chi connectivity index (χ2n) is 12.3. The van der Waals surface area contributed by atoms with Gasteiger partial charge in [0.25, 0.3) is 0 Å². The normalized spacial score (nSPS) is 10.9. The van der Waals surface area contributed by atoms with Crippen molar-refractivity contribution in [1.82, 2.24) is 29.9 Å². The van der Waals surface area contributed by atoms with Gasteiger partial charge in [-0.3, -0.25) is 0 Å². The van der Waals surface area contributed by atoms with Crippen molar-refractivity contribution in [2.45, 2.75) is 13.8 Å². The van der Waals surface area contributed by atoms with Crippen molar-refractivity contribution in [3.05, 3.63) is 169 Å². The van der Waals surface area contributed by atoms with Gasteiger partial charge < -0.3 is 0 Å². The molecule has 0 saturated heterocycles. The number of nitrogens with zero attached hydrogens (tertiary/aromatic N) is 7. The first-order valence-electron chi connectivity index (χ1n) is 16.9. The molecule has 52 heavy (non-hydrogen) atoms. The van der Waals surface area contributed by atoms with Crippen LogP contribution < -0.4 is 0 Å². The monoisotopic (exact) mass is 669 g/mol. The standard InChI is InChI=1S/C45H31N7/c1-29-47-30(2)49-42(48-29)35-26-22-32(23-27-35)41-39(18-11-19-40(41)38-17-10-9-16-37(38)28-46)31-20-24-36(25-21-31)45-51-43(33-12-5-3-6-13-33)50-44(52-45)34-14-7-4-8-15-34/h3-27H,1-2H3. The Labute approximate surface area is 302 Å². The smallest absolute Gasteiger partial charge is 0.164 e. The Morgan fingerprint density at radius 1 is 0.346 bits per heavy atom. The fraction of sp³-hybridized carbons (Fsp3) is 0.0444. The zero-order chi connectivity index (χ0) is 35.4. The minimum Gasteiger partial charge on any atom is -0.219 e. The molecular formula is C45H31N7. The maximum atomic E-state index is 10.1. The number of rotatable bonds is 7. The highest BCUT2D eigenvalue weighted by molar-refractivity contribution is 5.96. The van der Waals surface area contributed by atoms with Crippen molar-refractivity contribution < 1.29 is 0 Å². The van der Waals surface area contributed by atoms with E-state index >= 15 is 0 Å². The van der Waals surface area contributed by atoms with Crippen molar-refractivity contribution >= 4 is 0 Å². The Morgan fingerprint density at radius 3 is 1.29 bits per heavy atom. The van der Waals surface area contributed by atoms with Crippen molar-refractivity contribution in [2.75, 3.05) is 0 Å². The first-order valence-corrected chi connectivity index (χ1v) is 16.9. The van der Waals surface area contributed by atoms with Gasteiger partial charge in [-0.05, 0) is 47.7 Å². The second kappa shape index (κ2) is 14.0. The lowest BCUT2D eigenvalue weighted by Gasteiger charge is -2.17. The van der Waals surface area contributed by atoms with Crippen molar-refractivity contribution in [1.29, 1.82) is 5.26 Å². The van der Waals surface area contributed by atoms with Crippen LogP contribution in [-0.2, 0) is 0 Å². The molecule has 2 aromatic heterocycles. The molecule has 0 unspecified atom stereocenters. The van der Waals surface area contributed by atoms with E-state index in [0.717, 1.165) is 55.6 Å². The quantitative estimate of drug-likeness (QED) is 0.166. The Morgan fingerprint density at radius 2 is 0.750 bits per heavy atom. The van der Waals surface area contributed by atoms with E-state index in [0.29, 0.717) is 40.5 Å². The molecule has 8 rings (SSSR count). The largest absolute Gasteiger partial charge is 0.219 e. The van der Waals surface area contributed by atoms with Gasteiger partial charge in [-0.15, -0.1) is 0 Å². The molecule has 0 aliphatic carbocycles. The maximum absolute atomic E-state index is 10.1. The number of aromatic nitrogens is 6. The third-order valence-electron chi connectivity index (χ3n) is 8.85. The highest BCUT2D eigenvalue weighted by Gasteiger charge is 2.18. The van der Waals surface area contributed by atoms with Crippen LogP contribution in [0.5, 0.6) is 0 Å². The fourth-order valence-electron chi connectivity index (χ4n) is 6.41. The van der Waals surface area contributed by atoms with E-state index in [1.807, 2.05) is 117 Å². The summed E-state index contributed by atoms with van der Waals surface area (Å²) in [5, 5.41) is 10.1. The van der Waals surface area contributed by atoms with Gasteiger partial charge in [0.1, 0.15) is 11.6 Å². The van der Waals surface area contributed by atoms with E-state index in [9.17, 15) is 5.26 Å². The summed E-state index contributed by atoms with van der Waals surface area (Å²) in [6, 6.07) is 52.9. The molecule has 8 aromatic rings. The van der Waals surface area contributed by atoms with Gasteiger partial charge in [0, 0.05) is 27.8 Å². The van der Waals surface area contributed by atoms with Crippen molar-refractivity contribution in [3.8, 4) is 85.0 Å². The number of benzene rings is 6. The van der Waals surface area contributed by atoms with E-state index in [2.05, 4.69) is 69.6 Å². The minimum atomic E-state index is 0.593. The molecular weight excluding hydrogens is 639 g/mol. The van der Waals surface area contributed by atoms with E-state index in [1.54, 1.807) is 0 Å². The lowest BCUT2D eigenvalue weighted by molar-refractivity contribution is 0.928. The topological polar surface area (TPSA) is 101 Å². The van der Waals surface area contributed by atoms with Gasteiger partial charge in [0.2, 0.25) is 0 Å². The van der Waals surface area contributed by atoms with Crippen LogP contribution in [-0.4, -0.2) is 29.9 Å². The van der Waals surface area contributed by atoms with Gasteiger partial charge in [-0.2, -0.15) is 5.26 Å². The van der Waals surface area contributed by atoms with Crippen LogP contribution in [0.2, 0.25) is 0 Å². The lowest BCUT2D eigenvalue weighted by atomic mass is 9.86. The highest BCUT2D eigenvalue weighted by atomic mass is 15.0. The molecule has 0 aliphatic heterocycles. The van der Waals surface area contributed by atoms with Gasteiger partial charge in [-0.1, -0.05) is 146 Å². The van der Waals surface area contributed by atoms with Crippen LogP contribution in [0.1, 0.15) is 17.2 Å². The average molecular weight is 670 g/mol. The van der Waals surface area contributed by atoms with Crippen LogP contribution in [0.3, 0.4) is 0 Å². The summed E-state index contributed by atoms with van der Waals surface area (Å²) in [5.74, 6) is 3.83. The van der Waals surface area contributed by atoms with E-state index in [1.165, 1.54) is 0 Å². The van der Waals surface area contributed by atoms with Crippen LogP contribution >= 0.6 is 0 Å². The summed E-state index contributed by atoms with van der Waals surface area (Å²) >= 11 is 0. The Hall–Kier alpha value is -7.17. The zero-order valence-electron chi connectivity index (χ0n) is 28.6. The van der Waals surface area contributed by atoms with Gasteiger partial charge in [0.15, 0.2) is 23.3 Å². The van der Waals surface area contributed by atoms with Crippen LogP contribution in [0.15, 0.2) is 152 Å².